The maximum atomic E-state index is 14.0. The number of hydrogen-bond donors (Lipinski definition) is 4. The Labute approximate surface area is 225 Å². The van der Waals surface area contributed by atoms with Crippen LogP contribution in [0.4, 0.5) is 5.69 Å². The normalized spacial score (nSPS) is 23.1. The fourth-order valence-corrected chi connectivity index (χ4v) is 6.87. The lowest BCUT2D eigenvalue weighted by molar-refractivity contribution is -0.127. The molecule has 2 aromatic carbocycles. The van der Waals surface area contributed by atoms with Crippen molar-refractivity contribution in [3.05, 3.63) is 76.2 Å². The minimum atomic E-state index is -1.48. The van der Waals surface area contributed by atoms with Gasteiger partial charge in [-0.1, -0.05) is 50.8 Å². The lowest BCUT2D eigenvalue weighted by Crippen LogP contribution is -2.53. The lowest BCUT2D eigenvalue weighted by Gasteiger charge is -2.37. The molecule has 38 heavy (non-hydrogen) atoms. The van der Waals surface area contributed by atoms with E-state index in [9.17, 15) is 14.4 Å². The van der Waals surface area contributed by atoms with Crippen LogP contribution < -0.4 is 22.5 Å². The monoisotopic (exact) mass is 531 g/mol. The number of piperidine rings is 1. The van der Waals surface area contributed by atoms with Crippen LogP contribution in [0, 0.1) is 0 Å². The lowest BCUT2D eigenvalue weighted by atomic mass is 9.70. The van der Waals surface area contributed by atoms with E-state index >= 15 is 0 Å². The van der Waals surface area contributed by atoms with Crippen LogP contribution in [-0.4, -0.2) is 41.6 Å². The molecule has 3 aromatic rings. The second-order valence-corrected chi connectivity index (χ2v) is 11.5. The molecule has 1 aliphatic carbocycles. The summed E-state index contributed by atoms with van der Waals surface area (Å²) in [6.45, 7) is 8.74. The Kier molecular flexibility index (Phi) is 6.63. The third-order valence-corrected chi connectivity index (χ3v) is 9.02. The Morgan fingerprint density at radius 1 is 1.26 bits per heavy atom. The van der Waals surface area contributed by atoms with Crippen molar-refractivity contribution in [3.8, 4) is 0 Å². The number of Topliss-reactive ketones (excluding diaryl/α,β-unsaturated/α-hetero) is 1. The molecule has 1 saturated heterocycles. The molecule has 2 heterocycles. The van der Waals surface area contributed by atoms with Crippen molar-refractivity contribution < 1.29 is 14.4 Å². The molecule has 0 saturated carbocycles. The van der Waals surface area contributed by atoms with E-state index < -0.39 is 11.6 Å². The van der Waals surface area contributed by atoms with Gasteiger partial charge in [0, 0.05) is 35.8 Å². The summed E-state index contributed by atoms with van der Waals surface area (Å²) in [5.41, 5.74) is 21.7. The fraction of sp³-hybridized carbons (Fsp3) is 0.345. The average molecular weight is 532 g/mol. The minimum absolute atomic E-state index is 0.160. The summed E-state index contributed by atoms with van der Waals surface area (Å²) in [6.07, 6.45) is 2.79. The van der Waals surface area contributed by atoms with Gasteiger partial charge in [0.05, 0.1) is 15.6 Å². The molecule has 7 N–H and O–H groups in total. The van der Waals surface area contributed by atoms with E-state index in [1.54, 1.807) is 17.0 Å². The second kappa shape index (κ2) is 9.65. The van der Waals surface area contributed by atoms with Gasteiger partial charge in [0.2, 0.25) is 5.91 Å². The number of nitrogens with two attached hydrogens (primary N) is 3. The number of thiophene rings is 1. The number of benzene rings is 2. The van der Waals surface area contributed by atoms with Crippen molar-refractivity contribution in [2.75, 3.05) is 18.8 Å². The van der Waals surface area contributed by atoms with E-state index in [1.807, 2.05) is 24.3 Å². The van der Waals surface area contributed by atoms with Crippen LogP contribution in [0.2, 0.25) is 0 Å². The molecule has 3 atom stereocenters. The molecule has 1 aromatic heterocycles. The summed E-state index contributed by atoms with van der Waals surface area (Å²) in [6, 6.07) is 9.91. The van der Waals surface area contributed by atoms with Crippen LogP contribution in [0.15, 0.2) is 49.1 Å². The Bertz CT molecular complexity index is 1480. The van der Waals surface area contributed by atoms with Crippen LogP contribution in [0.1, 0.15) is 70.6 Å². The number of nitrogens with one attached hydrogen (secondary N) is 1. The smallest absolute Gasteiger partial charge is 0.262 e. The van der Waals surface area contributed by atoms with Gasteiger partial charge in [-0.25, -0.2) is 0 Å². The number of likely N-dealkylation sites (tertiary alicyclic amines) is 1. The fourth-order valence-electron chi connectivity index (χ4n) is 5.67. The molecule has 198 valence electrons. The first kappa shape index (κ1) is 26.1. The number of nitrogen functional groups attached to an aromatic ring is 1. The van der Waals surface area contributed by atoms with Gasteiger partial charge < -0.3 is 27.4 Å². The van der Waals surface area contributed by atoms with E-state index in [0.29, 0.717) is 50.4 Å². The largest absolute Gasteiger partial charge is 0.398 e. The number of amides is 2. The zero-order valence-electron chi connectivity index (χ0n) is 21.6. The predicted octanol–water partition coefficient (Wildman–Crippen LogP) is 3.30. The third-order valence-electron chi connectivity index (χ3n) is 7.77. The summed E-state index contributed by atoms with van der Waals surface area (Å²) < 4.78 is 0.688. The Morgan fingerprint density at radius 2 is 2.03 bits per heavy atom. The van der Waals surface area contributed by atoms with Crippen LogP contribution in [0.25, 0.3) is 10.1 Å². The number of nitrogens with zero attached hydrogens (tertiary/aromatic N) is 1. The zero-order valence-corrected chi connectivity index (χ0v) is 22.4. The van der Waals surface area contributed by atoms with Gasteiger partial charge >= 0.3 is 0 Å². The van der Waals surface area contributed by atoms with Crippen molar-refractivity contribution in [2.24, 2.45) is 11.5 Å². The SMILES string of the molecule is C=CC(=O)N1CCCC(NC(=O)c2sc3c(N)ccc4c3c2C(N)C(=O)C4(N)c2cccc(C(C)C)c2)C1. The molecule has 1 fully saturated rings. The molecule has 3 unspecified atom stereocenters. The molecule has 1 aliphatic heterocycles. The van der Waals surface area contributed by atoms with E-state index in [-0.39, 0.29) is 29.6 Å². The topological polar surface area (TPSA) is 145 Å². The molecule has 8 nitrogen and oxygen atoms in total. The number of ketones is 1. The maximum absolute atomic E-state index is 14.0. The van der Waals surface area contributed by atoms with E-state index in [2.05, 4.69) is 25.7 Å². The summed E-state index contributed by atoms with van der Waals surface area (Å²) in [5, 5.41) is 3.73. The molecule has 2 amide bonds. The summed E-state index contributed by atoms with van der Waals surface area (Å²) in [4.78, 5) is 41.7. The van der Waals surface area contributed by atoms with Crippen molar-refractivity contribution >= 4 is 44.7 Å². The molecular formula is C29H33N5O3S. The van der Waals surface area contributed by atoms with Crippen LogP contribution >= 0.6 is 11.3 Å². The van der Waals surface area contributed by atoms with Crippen LogP contribution in [-0.2, 0) is 15.1 Å². The molecular weight excluding hydrogens is 498 g/mol. The number of hydrogen-bond acceptors (Lipinski definition) is 7. The maximum Gasteiger partial charge on any atom is 0.262 e. The summed E-state index contributed by atoms with van der Waals surface area (Å²) in [7, 11) is 0. The van der Waals surface area contributed by atoms with Gasteiger partial charge in [-0.2, -0.15) is 0 Å². The van der Waals surface area contributed by atoms with Gasteiger partial charge in [-0.05, 0) is 47.6 Å². The molecule has 2 aliphatic rings. The molecule has 0 spiro atoms. The van der Waals surface area contributed by atoms with Crippen LogP contribution in [0.3, 0.4) is 0 Å². The first-order valence-corrected chi connectivity index (χ1v) is 13.7. The zero-order chi connectivity index (χ0) is 27.4. The summed E-state index contributed by atoms with van der Waals surface area (Å²) >= 11 is 1.23. The van der Waals surface area contributed by atoms with E-state index in [1.165, 1.54) is 17.4 Å². The van der Waals surface area contributed by atoms with Gasteiger partial charge in [0.1, 0.15) is 5.54 Å². The summed E-state index contributed by atoms with van der Waals surface area (Å²) in [5.74, 6) is -0.613. The average Bonchev–Trinajstić information content (AvgIpc) is 3.33. The molecule has 5 rings (SSSR count). The van der Waals surface area contributed by atoms with Crippen molar-refractivity contribution in [3.63, 3.8) is 0 Å². The number of carbonyl (C=O) groups excluding carboxylic acids is 3. The first-order chi connectivity index (χ1) is 18.1. The number of anilines is 1. The van der Waals surface area contributed by atoms with E-state index in [0.717, 1.165) is 18.4 Å². The highest BCUT2D eigenvalue weighted by molar-refractivity contribution is 7.21. The first-order valence-electron chi connectivity index (χ1n) is 12.8. The molecule has 0 bridgehead atoms. The predicted molar refractivity (Wildman–Crippen MR) is 151 cm³/mol. The number of rotatable bonds is 5. The van der Waals surface area contributed by atoms with Crippen molar-refractivity contribution in [2.45, 2.75) is 50.2 Å². The standard InChI is InChI=1S/C29H33N5O3S/c1-4-21(35)34-12-6-9-18(14-34)33-28(37)26-23-22-19(10-11-20(30)25(22)38-26)29(32,27(36)24(23)31)17-8-5-7-16(13-17)15(2)3/h4-5,7-8,10-11,13,15,18,24H,1,6,9,12,14,30-32H2,2-3H3,(H,33,37). The van der Waals surface area contributed by atoms with Crippen molar-refractivity contribution in [1.29, 1.82) is 0 Å². The highest BCUT2D eigenvalue weighted by Crippen LogP contribution is 2.49. The Hall–Kier alpha value is -3.53. The molecule has 9 heteroatoms. The Balaban J connectivity index is 1.60. The number of carbonyl (C=O) groups is 3. The van der Waals surface area contributed by atoms with Gasteiger partial charge in [-0.3, -0.25) is 14.4 Å². The van der Waals surface area contributed by atoms with Gasteiger partial charge in [0.15, 0.2) is 5.78 Å². The Morgan fingerprint density at radius 3 is 2.74 bits per heavy atom. The van der Waals surface area contributed by atoms with E-state index in [4.69, 9.17) is 17.2 Å². The highest BCUT2D eigenvalue weighted by atomic mass is 32.1. The van der Waals surface area contributed by atoms with Crippen LogP contribution in [0.5, 0.6) is 0 Å². The highest BCUT2D eigenvalue weighted by Gasteiger charge is 2.49. The molecule has 0 radical (unpaired) electrons. The quantitative estimate of drug-likeness (QED) is 0.294. The van der Waals surface area contributed by atoms with Gasteiger partial charge in [-0.15, -0.1) is 11.3 Å². The third kappa shape index (κ3) is 4.02. The van der Waals surface area contributed by atoms with Gasteiger partial charge in [0.25, 0.3) is 5.91 Å². The minimum Gasteiger partial charge on any atom is -0.398 e. The van der Waals surface area contributed by atoms with Crippen molar-refractivity contribution in [1.82, 2.24) is 10.2 Å². The second-order valence-electron chi connectivity index (χ2n) is 10.5.